The smallest absolute Gasteiger partial charge is 0.379 e. The van der Waals surface area contributed by atoms with Crippen LogP contribution in [0.25, 0.3) is 0 Å². The fourth-order valence-corrected chi connectivity index (χ4v) is 1.17. The zero-order valence-corrected chi connectivity index (χ0v) is 8.53. The van der Waals surface area contributed by atoms with E-state index in [4.69, 9.17) is 0 Å². The van der Waals surface area contributed by atoms with Crippen molar-refractivity contribution in [2.45, 2.75) is 6.42 Å². The Morgan fingerprint density at radius 1 is 1.33 bits per heavy atom. The van der Waals surface area contributed by atoms with Gasteiger partial charge in [0.15, 0.2) is 0 Å². The Morgan fingerprint density at radius 3 is 2.40 bits per heavy atom. The molecule has 0 heterocycles. The minimum Gasteiger partial charge on any atom is -0.463 e. The fourth-order valence-electron chi connectivity index (χ4n) is 1.17. The third kappa shape index (κ3) is 2.77. The number of hydrogen-bond acceptors (Lipinski definition) is 3. The van der Waals surface area contributed by atoms with Gasteiger partial charge in [0.1, 0.15) is 0 Å². The van der Waals surface area contributed by atoms with Crippen molar-refractivity contribution in [3.8, 4) is 0 Å². The summed E-state index contributed by atoms with van der Waals surface area (Å²) in [5.74, 6) is -1.46. The van der Waals surface area contributed by atoms with Gasteiger partial charge in [-0.1, -0.05) is 30.3 Å². The highest BCUT2D eigenvalue weighted by molar-refractivity contribution is 6.40. The highest BCUT2D eigenvalue weighted by atomic mass is 16.5. The Morgan fingerprint density at radius 2 is 1.93 bits per heavy atom. The maximum atomic E-state index is 11.4. The van der Waals surface area contributed by atoms with E-state index in [-0.39, 0.29) is 0 Å². The summed E-state index contributed by atoms with van der Waals surface area (Å²) in [6.07, 6.45) is 2.52. The Balaban J connectivity index is 2.84. The molecule has 1 aromatic carbocycles. The van der Waals surface area contributed by atoms with E-state index in [1.807, 2.05) is 0 Å². The second-order valence-electron chi connectivity index (χ2n) is 3.01. The number of rotatable bonds is 4. The number of carbonyl (C=O) groups is 2. The summed E-state index contributed by atoms with van der Waals surface area (Å²) in [4.78, 5) is 22.3. The molecule has 78 valence electrons. The first-order valence-corrected chi connectivity index (χ1v) is 4.51. The van der Waals surface area contributed by atoms with Gasteiger partial charge in [0.2, 0.25) is 0 Å². The van der Waals surface area contributed by atoms with Crippen molar-refractivity contribution < 1.29 is 14.3 Å². The molecular weight excluding hydrogens is 192 g/mol. The Hall–Kier alpha value is -1.90. The molecule has 0 aliphatic heterocycles. The van der Waals surface area contributed by atoms with Gasteiger partial charge in [0, 0.05) is 5.56 Å². The summed E-state index contributed by atoms with van der Waals surface area (Å²) in [6, 6.07) is 6.80. The lowest BCUT2D eigenvalue weighted by molar-refractivity contribution is -0.135. The molecular formula is C12H12O3. The molecule has 0 aromatic heterocycles. The fraction of sp³-hybridized carbons (Fsp3) is 0.167. The van der Waals surface area contributed by atoms with E-state index in [1.54, 1.807) is 30.3 Å². The number of ether oxygens (including phenoxy) is 1. The molecule has 0 amide bonds. The van der Waals surface area contributed by atoms with E-state index in [1.165, 1.54) is 7.11 Å². The molecule has 0 unspecified atom stereocenters. The molecule has 0 aliphatic carbocycles. The third-order valence-corrected chi connectivity index (χ3v) is 1.97. The van der Waals surface area contributed by atoms with Crippen LogP contribution < -0.4 is 0 Å². The van der Waals surface area contributed by atoms with Crippen LogP contribution in [0.1, 0.15) is 15.9 Å². The molecule has 1 aromatic rings. The Labute approximate surface area is 88.4 Å². The van der Waals surface area contributed by atoms with Gasteiger partial charge in [-0.3, -0.25) is 4.79 Å². The molecule has 0 atom stereocenters. The van der Waals surface area contributed by atoms with Crippen LogP contribution in [0.2, 0.25) is 0 Å². The van der Waals surface area contributed by atoms with Crippen molar-refractivity contribution in [2.75, 3.05) is 7.11 Å². The molecule has 0 N–H and O–H groups in total. The number of allylic oxidation sites excluding steroid dienone is 1. The second-order valence-corrected chi connectivity index (χ2v) is 3.01. The number of benzene rings is 1. The molecule has 3 heteroatoms. The highest BCUT2D eigenvalue weighted by Crippen LogP contribution is 2.06. The van der Waals surface area contributed by atoms with Crippen LogP contribution in [-0.4, -0.2) is 18.9 Å². The molecule has 0 fully saturated rings. The summed E-state index contributed by atoms with van der Waals surface area (Å²) in [6.45, 7) is 3.61. The number of hydrogen-bond donors (Lipinski definition) is 0. The summed E-state index contributed by atoms with van der Waals surface area (Å²) in [5, 5.41) is 0. The lowest BCUT2D eigenvalue weighted by Gasteiger charge is -2.00. The predicted molar refractivity (Wildman–Crippen MR) is 56.7 cm³/mol. The van der Waals surface area contributed by atoms with Gasteiger partial charge >= 0.3 is 5.97 Å². The van der Waals surface area contributed by atoms with Crippen LogP contribution in [0.4, 0.5) is 0 Å². The summed E-state index contributed by atoms with van der Waals surface area (Å²) < 4.78 is 4.34. The van der Waals surface area contributed by atoms with Gasteiger partial charge in [-0.2, -0.15) is 0 Å². The van der Waals surface area contributed by atoms with Crippen LogP contribution in [0.3, 0.4) is 0 Å². The van der Waals surface area contributed by atoms with Gasteiger partial charge in [0.25, 0.3) is 5.78 Å². The van der Waals surface area contributed by atoms with E-state index < -0.39 is 11.8 Å². The molecule has 0 saturated heterocycles. The zero-order valence-electron chi connectivity index (χ0n) is 8.53. The first kappa shape index (κ1) is 11.2. The molecule has 15 heavy (non-hydrogen) atoms. The van der Waals surface area contributed by atoms with E-state index in [9.17, 15) is 9.59 Å². The van der Waals surface area contributed by atoms with E-state index in [2.05, 4.69) is 11.3 Å². The maximum Gasteiger partial charge on any atom is 0.379 e. The number of esters is 1. The quantitative estimate of drug-likeness (QED) is 0.325. The first-order chi connectivity index (χ1) is 7.19. The van der Waals surface area contributed by atoms with Gasteiger partial charge in [-0.05, 0) is 12.0 Å². The molecule has 3 nitrogen and oxygen atoms in total. The van der Waals surface area contributed by atoms with Crippen molar-refractivity contribution in [1.29, 1.82) is 0 Å². The highest BCUT2D eigenvalue weighted by Gasteiger charge is 2.15. The SMILES string of the molecule is C=CCc1ccc(C(=O)C(=O)OC)cc1. The van der Waals surface area contributed by atoms with Crippen molar-refractivity contribution in [2.24, 2.45) is 0 Å². The normalized spacial score (nSPS) is 9.40. The van der Waals surface area contributed by atoms with E-state index in [0.717, 1.165) is 12.0 Å². The number of Topliss-reactive ketones (excluding diaryl/α,β-unsaturated/α-hetero) is 1. The predicted octanol–water partition coefficient (Wildman–Crippen LogP) is 1.77. The maximum absolute atomic E-state index is 11.4. The molecule has 0 aliphatic rings. The number of carbonyl (C=O) groups excluding carboxylic acids is 2. The average molecular weight is 204 g/mol. The molecule has 1 rings (SSSR count). The average Bonchev–Trinajstić information content (AvgIpc) is 2.28. The molecule has 0 bridgehead atoms. The minimum absolute atomic E-state index is 0.342. The van der Waals surface area contributed by atoms with E-state index in [0.29, 0.717) is 5.56 Å². The van der Waals surface area contributed by atoms with Crippen LogP contribution >= 0.6 is 0 Å². The second kappa shape index (κ2) is 5.10. The van der Waals surface area contributed by atoms with Crippen LogP contribution in [0.15, 0.2) is 36.9 Å². The topological polar surface area (TPSA) is 43.4 Å². The Kier molecular flexibility index (Phi) is 3.80. The van der Waals surface area contributed by atoms with Gasteiger partial charge < -0.3 is 4.74 Å². The third-order valence-electron chi connectivity index (χ3n) is 1.97. The summed E-state index contributed by atoms with van der Waals surface area (Å²) >= 11 is 0. The standard InChI is InChI=1S/C12H12O3/c1-3-4-9-5-7-10(8-6-9)11(13)12(14)15-2/h3,5-8H,1,4H2,2H3. The minimum atomic E-state index is -0.841. The van der Waals surface area contributed by atoms with E-state index >= 15 is 0 Å². The molecule has 0 spiro atoms. The van der Waals surface area contributed by atoms with Gasteiger partial charge in [0.05, 0.1) is 7.11 Å². The van der Waals surface area contributed by atoms with Gasteiger partial charge in [-0.15, -0.1) is 6.58 Å². The number of methoxy groups -OCH3 is 1. The Bertz CT molecular complexity index is 376. The monoisotopic (exact) mass is 204 g/mol. The lowest BCUT2D eigenvalue weighted by Crippen LogP contribution is -2.15. The summed E-state index contributed by atoms with van der Waals surface area (Å²) in [5.41, 5.74) is 1.39. The number of ketones is 1. The molecule has 0 radical (unpaired) electrons. The summed E-state index contributed by atoms with van der Waals surface area (Å²) in [7, 11) is 1.19. The van der Waals surface area contributed by atoms with Crippen molar-refractivity contribution in [3.05, 3.63) is 48.0 Å². The molecule has 0 saturated carbocycles. The first-order valence-electron chi connectivity index (χ1n) is 4.51. The largest absolute Gasteiger partial charge is 0.463 e. The van der Waals surface area contributed by atoms with Crippen molar-refractivity contribution >= 4 is 11.8 Å². The zero-order chi connectivity index (χ0) is 11.3. The van der Waals surface area contributed by atoms with Crippen LogP contribution in [0.5, 0.6) is 0 Å². The van der Waals surface area contributed by atoms with Crippen LogP contribution in [-0.2, 0) is 16.0 Å². The van der Waals surface area contributed by atoms with Crippen LogP contribution in [0, 0.1) is 0 Å². The van der Waals surface area contributed by atoms with Crippen molar-refractivity contribution in [1.82, 2.24) is 0 Å². The van der Waals surface area contributed by atoms with Gasteiger partial charge in [-0.25, -0.2) is 4.79 Å². The van der Waals surface area contributed by atoms with Crippen molar-refractivity contribution in [3.63, 3.8) is 0 Å². The lowest BCUT2D eigenvalue weighted by atomic mass is 10.1.